The molecule has 1 amide bonds. The number of amides is 1. The third-order valence-electron chi connectivity index (χ3n) is 4.38. The molecule has 1 aliphatic rings. The second kappa shape index (κ2) is 6.67. The number of carbonyl (C=O) groups is 1. The van der Waals surface area contributed by atoms with Crippen molar-refractivity contribution in [2.24, 2.45) is 0 Å². The summed E-state index contributed by atoms with van der Waals surface area (Å²) >= 11 is 1.77. The first-order chi connectivity index (χ1) is 11.8. The van der Waals surface area contributed by atoms with E-state index < -0.39 is 0 Å². The molecule has 5 nitrogen and oxygen atoms in total. The summed E-state index contributed by atoms with van der Waals surface area (Å²) < 4.78 is 1.25. The molecule has 0 unspecified atom stereocenters. The second-order valence-corrected chi connectivity index (χ2v) is 7.12. The molecule has 3 heterocycles. The Morgan fingerprint density at radius 2 is 1.92 bits per heavy atom. The minimum Gasteiger partial charge on any atom is -0.326 e. The van der Waals surface area contributed by atoms with Gasteiger partial charge in [0.15, 0.2) is 0 Å². The number of aromatic nitrogens is 2. The largest absolute Gasteiger partial charge is 0.326 e. The molecule has 1 aromatic carbocycles. The number of thiazole rings is 1. The predicted molar refractivity (Wildman–Crippen MR) is 94.2 cm³/mol. The average molecular weight is 339 g/mol. The maximum Gasteiger partial charge on any atom is 0.272 e. The highest BCUT2D eigenvalue weighted by Gasteiger charge is 2.25. The lowest BCUT2D eigenvalue weighted by atomic mass is 10.2. The molecular formula is C18H19N4OS+. The summed E-state index contributed by atoms with van der Waals surface area (Å²) in [7, 11) is 0. The van der Waals surface area contributed by atoms with Crippen LogP contribution < -0.4 is 4.90 Å². The number of nitrogens with zero attached hydrogens (tertiary/aromatic N) is 3. The van der Waals surface area contributed by atoms with Gasteiger partial charge in [-0.1, -0.05) is 18.2 Å². The van der Waals surface area contributed by atoms with Gasteiger partial charge in [-0.3, -0.25) is 9.78 Å². The lowest BCUT2D eigenvalue weighted by Gasteiger charge is -2.31. The van der Waals surface area contributed by atoms with E-state index in [-0.39, 0.29) is 5.91 Å². The minimum absolute atomic E-state index is 0.0367. The van der Waals surface area contributed by atoms with Crippen LogP contribution in [0.15, 0.2) is 48.7 Å². The van der Waals surface area contributed by atoms with E-state index in [1.807, 2.05) is 23.1 Å². The van der Waals surface area contributed by atoms with Crippen LogP contribution in [0.5, 0.6) is 0 Å². The molecule has 1 saturated heterocycles. The van der Waals surface area contributed by atoms with Crippen LogP contribution in [0.25, 0.3) is 10.2 Å². The van der Waals surface area contributed by atoms with Gasteiger partial charge in [0.05, 0.1) is 36.4 Å². The van der Waals surface area contributed by atoms with Crippen LogP contribution in [-0.4, -0.2) is 47.0 Å². The summed E-state index contributed by atoms with van der Waals surface area (Å²) in [6.07, 6.45) is 1.67. The highest BCUT2D eigenvalue weighted by atomic mass is 32.1. The molecule has 0 atom stereocenters. The molecule has 3 aromatic rings. The Morgan fingerprint density at radius 1 is 1.12 bits per heavy atom. The van der Waals surface area contributed by atoms with Crippen LogP contribution in [0.2, 0.25) is 0 Å². The van der Waals surface area contributed by atoms with Crippen LogP contribution in [-0.2, 0) is 6.54 Å². The fourth-order valence-electron chi connectivity index (χ4n) is 3.06. The lowest BCUT2D eigenvalue weighted by molar-refractivity contribution is -0.917. The average Bonchev–Trinajstić information content (AvgIpc) is 3.05. The normalized spacial score (nSPS) is 15.8. The van der Waals surface area contributed by atoms with Gasteiger partial charge in [-0.2, -0.15) is 0 Å². The number of pyridine rings is 1. The Balaban J connectivity index is 1.37. The van der Waals surface area contributed by atoms with Crippen LogP contribution in [0, 0.1) is 0 Å². The SMILES string of the molecule is O=C(c1ccccn1)N1CC[NH+](Cc2nc3ccccc3s2)CC1. The van der Waals surface area contributed by atoms with E-state index in [1.54, 1.807) is 23.6 Å². The summed E-state index contributed by atoms with van der Waals surface area (Å²) in [4.78, 5) is 24.7. The van der Waals surface area contributed by atoms with Gasteiger partial charge in [-0.15, -0.1) is 11.3 Å². The van der Waals surface area contributed by atoms with Crippen molar-refractivity contribution in [3.8, 4) is 0 Å². The van der Waals surface area contributed by atoms with Gasteiger partial charge in [-0.25, -0.2) is 4.98 Å². The van der Waals surface area contributed by atoms with E-state index in [0.717, 1.165) is 38.2 Å². The highest BCUT2D eigenvalue weighted by Crippen LogP contribution is 2.20. The fourth-order valence-corrected chi connectivity index (χ4v) is 4.10. The third-order valence-corrected chi connectivity index (χ3v) is 5.42. The van der Waals surface area contributed by atoms with Gasteiger partial charge in [0.1, 0.15) is 17.2 Å². The number of hydrogen-bond acceptors (Lipinski definition) is 4. The molecule has 24 heavy (non-hydrogen) atoms. The molecule has 2 aromatic heterocycles. The van der Waals surface area contributed by atoms with Crippen LogP contribution in [0.4, 0.5) is 0 Å². The number of fused-ring (bicyclic) bond motifs is 1. The van der Waals surface area contributed by atoms with Gasteiger partial charge < -0.3 is 9.80 Å². The van der Waals surface area contributed by atoms with Crippen molar-refractivity contribution < 1.29 is 9.69 Å². The van der Waals surface area contributed by atoms with Crippen molar-refractivity contribution in [3.63, 3.8) is 0 Å². The van der Waals surface area contributed by atoms with Gasteiger partial charge in [0, 0.05) is 6.20 Å². The fraction of sp³-hybridized carbons (Fsp3) is 0.278. The quantitative estimate of drug-likeness (QED) is 0.781. The maximum absolute atomic E-state index is 12.4. The number of carbonyl (C=O) groups excluding carboxylic acids is 1. The Labute approximate surface area is 144 Å². The number of quaternary nitrogens is 1. The van der Waals surface area contributed by atoms with Gasteiger partial charge in [0.25, 0.3) is 5.91 Å². The molecule has 1 N–H and O–H groups in total. The zero-order valence-corrected chi connectivity index (χ0v) is 14.1. The Morgan fingerprint density at radius 3 is 2.67 bits per heavy atom. The standard InChI is InChI=1S/C18H18N4OS/c23-18(15-6-3-4-8-19-15)22-11-9-21(10-12-22)13-17-20-14-5-1-2-7-16(14)24-17/h1-8H,9-13H2/p+1. The molecular weight excluding hydrogens is 320 g/mol. The van der Waals surface area contributed by atoms with E-state index in [1.165, 1.54) is 14.6 Å². The number of para-hydroxylation sites is 1. The zero-order chi connectivity index (χ0) is 16.4. The lowest BCUT2D eigenvalue weighted by Crippen LogP contribution is -3.13. The summed E-state index contributed by atoms with van der Waals surface area (Å²) in [6, 6.07) is 13.7. The van der Waals surface area contributed by atoms with Gasteiger partial charge in [-0.05, 0) is 24.3 Å². The summed E-state index contributed by atoms with van der Waals surface area (Å²) in [5.74, 6) is 0.0367. The molecule has 1 aliphatic heterocycles. The first-order valence-electron chi connectivity index (χ1n) is 8.18. The number of rotatable bonds is 3. The Kier molecular flexibility index (Phi) is 4.23. The van der Waals surface area contributed by atoms with Crippen molar-refractivity contribution in [2.75, 3.05) is 26.2 Å². The molecule has 0 saturated carbocycles. The number of hydrogen-bond donors (Lipinski definition) is 1. The third kappa shape index (κ3) is 3.16. The summed E-state index contributed by atoms with van der Waals surface area (Å²) in [5, 5.41) is 1.18. The van der Waals surface area contributed by atoms with Gasteiger partial charge in [0.2, 0.25) is 0 Å². The molecule has 6 heteroatoms. The van der Waals surface area contributed by atoms with Crippen molar-refractivity contribution in [2.45, 2.75) is 6.54 Å². The van der Waals surface area contributed by atoms with Crippen LogP contribution >= 0.6 is 11.3 Å². The molecule has 0 aliphatic carbocycles. The monoisotopic (exact) mass is 339 g/mol. The number of nitrogens with one attached hydrogen (secondary N) is 1. The molecule has 0 bridgehead atoms. The minimum atomic E-state index is 0.0367. The first-order valence-corrected chi connectivity index (χ1v) is 8.99. The van der Waals surface area contributed by atoms with E-state index >= 15 is 0 Å². The highest BCUT2D eigenvalue weighted by molar-refractivity contribution is 7.18. The topological polar surface area (TPSA) is 50.5 Å². The van der Waals surface area contributed by atoms with E-state index in [4.69, 9.17) is 4.98 Å². The van der Waals surface area contributed by atoms with Crippen molar-refractivity contribution in [1.29, 1.82) is 0 Å². The summed E-state index contributed by atoms with van der Waals surface area (Å²) in [6.45, 7) is 4.39. The Hall–Kier alpha value is -2.31. The molecule has 0 spiro atoms. The maximum atomic E-state index is 12.4. The summed E-state index contributed by atoms with van der Waals surface area (Å²) in [5.41, 5.74) is 1.62. The van der Waals surface area contributed by atoms with Crippen LogP contribution in [0.3, 0.4) is 0 Å². The first kappa shape index (κ1) is 15.2. The zero-order valence-electron chi connectivity index (χ0n) is 13.3. The van der Waals surface area contributed by atoms with Crippen molar-refractivity contribution >= 4 is 27.5 Å². The van der Waals surface area contributed by atoms with Crippen molar-refractivity contribution in [1.82, 2.24) is 14.9 Å². The van der Waals surface area contributed by atoms with Crippen LogP contribution in [0.1, 0.15) is 15.5 Å². The van der Waals surface area contributed by atoms with Gasteiger partial charge >= 0.3 is 0 Å². The smallest absolute Gasteiger partial charge is 0.272 e. The van der Waals surface area contributed by atoms with E-state index in [9.17, 15) is 4.79 Å². The molecule has 122 valence electrons. The van der Waals surface area contributed by atoms with Crippen molar-refractivity contribution in [3.05, 3.63) is 59.4 Å². The molecule has 0 radical (unpaired) electrons. The Bertz CT molecular complexity index is 807. The molecule has 4 rings (SSSR count). The van der Waals surface area contributed by atoms with E-state index in [2.05, 4.69) is 23.2 Å². The van der Waals surface area contributed by atoms with E-state index in [0.29, 0.717) is 5.69 Å². The number of benzene rings is 1. The second-order valence-electron chi connectivity index (χ2n) is 6.01. The number of piperazine rings is 1. The predicted octanol–water partition coefficient (Wildman–Crippen LogP) is 1.23. The molecule has 1 fully saturated rings.